The third kappa shape index (κ3) is 3.38. The number of amides is 1. The Morgan fingerprint density at radius 2 is 2.00 bits per heavy atom. The summed E-state index contributed by atoms with van der Waals surface area (Å²) < 4.78 is 5.43. The number of ether oxygens (including phenoxy) is 1. The lowest BCUT2D eigenvalue weighted by Gasteiger charge is -2.29. The van der Waals surface area contributed by atoms with E-state index in [2.05, 4.69) is 4.90 Å². The van der Waals surface area contributed by atoms with Crippen molar-refractivity contribution in [2.45, 2.75) is 19.8 Å². The molecule has 2 unspecified atom stereocenters. The van der Waals surface area contributed by atoms with Gasteiger partial charge in [0.2, 0.25) is 0 Å². The first-order chi connectivity index (χ1) is 10.3. The van der Waals surface area contributed by atoms with Crippen molar-refractivity contribution in [3.05, 3.63) is 29.8 Å². The molecule has 4 heteroatoms. The maximum atomic E-state index is 12.7. The van der Waals surface area contributed by atoms with Gasteiger partial charge in [0.15, 0.2) is 0 Å². The van der Waals surface area contributed by atoms with E-state index in [1.54, 1.807) is 0 Å². The minimum Gasteiger partial charge on any atom is -0.494 e. The Hall–Kier alpha value is -1.55. The molecule has 2 bridgehead atoms. The van der Waals surface area contributed by atoms with Crippen LogP contribution in [0.4, 0.5) is 0 Å². The van der Waals surface area contributed by atoms with E-state index in [0.29, 0.717) is 12.5 Å². The molecule has 0 radical (unpaired) electrons. The number of nitrogens with zero attached hydrogens (tertiary/aromatic N) is 2. The summed E-state index contributed by atoms with van der Waals surface area (Å²) in [6, 6.07) is 7.53. The van der Waals surface area contributed by atoms with Crippen LogP contribution in [0, 0.1) is 5.92 Å². The molecule has 1 aromatic rings. The molecule has 0 spiro atoms. The van der Waals surface area contributed by atoms with Crippen LogP contribution in [0.2, 0.25) is 0 Å². The highest BCUT2D eigenvalue weighted by molar-refractivity contribution is 5.94. The summed E-state index contributed by atoms with van der Waals surface area (Å²) in [6.45, 7) is 7.74. The number of rotatable bonds is 3. The highest BCUT2D eigenvalue weighted by atomic mass is 16.5. The van der Waals surface area contributed by atoms with E-state index in [1.165, 1.54) is 19.4 Å². The quantitative estimate of drug-likeness (QED) is 0.855. The highest BCUT2D eigenvalue weighted by Crippen LogP contribution is 2.22. The molecule has 4 nitrogen and oxygen atoms in total. The summed E-state index contributed by atoms with van der Waals surface area (Å²) in [5, 5.41) is 0. The van der Waals surface area contributed by atoms with Gasteiger partial charge in [0.1, 0.15) is 5.75 Å². The summed E-state index contributed by atoms with van der Waals surface area (Å²) >= 11 is 0. The lowest BCUT2D eigenvalue weighted by Crippen LogP contribution is -2.36. The van der Waals surface area contributed by atoms with E-state index >= 15 is 0 Å². The van der Waals surface area contributed by atoms with Gasteiger partial charge in [0.25, 0.3) is 5.91 Å². The Morgan fingerprint density at radius 3 is 2.76 bits per heavy atom. The Morgan fingerprint density at radius 1 is 1.19 bits per heavy atom. The molecule has 21 heavy (non-hydrogen) atoms. The molecule has 0 aliphatic carbocycles. The van der Waals surface area contributed by atoms with Crippen LogP contribution in [0.1, 0.15) is 30.1 Å². The normalized spacial score (nSPS) is 25.3. The predicted octanol–water partition coefficient (Wildman–Crippen LogP) is 2.25. The van der Waals surface area contributed by atoms with E-state index in [0.717, 1.165) is 37.5 Å². The number of benzene rings is 1. The Labute approximate surface area is 126 Å². The third-order valence-electron chi connectivity index (χ3n) is 4.47. The molecular formula is C17H24N2O2. The number of fused-ring (bicyclic) bond motifs is 2. The zero-order valence-electron chi connectivity index (χ0n) is 12.8. The van der Waals surface area contributed by atoms with Crippen molar-refractivity contribution in [3.63, 3.8) is 0 Å². The number of carbonyl (C=O) groups is 1. The van der Waals surface area contributed by atoms with Crippen LogP contribution in [-0.4, -0.2) is 55.0 Å². The van der Waals surface area contributed by atoms with E-state index in [9.17, 15) is 4.79 Å². The van der Waals surface area contributed by atoms with Crippen molar-refractivity contribution < 1.29 is 9.53 Å². The second-order valence-electron chi connectivity index (χ2n) is 6.02. The molecule has 0 aromatic heterocycles. The summed E-state index contributed by atoms with van der Waals surface area (Å²) in [5.41, 5.74) is 0.768. The smallest absolute Gasteiger partial charge is 0.253 e. The molecule has 1 aromatic carbocycles. The van der Waals surface area contributed by atoms with Gasteiger partial charge in [-0.05, 0) is 56.5 Å². The topological polar surface area (TPSA) is 32.8 Å². The van der Waals surface area contributed by atoms with Crippen molar-refractivity contribution in [2.75, 3.05) is 39.3 Å². The molecule has 3 rings (SSSR count). The van der Waals surface area contributed by atoms with Crippen molar-refractivity contribution in [1.82, 2.24) is 9.80 Å². The van der Waals surface area contributed by atoms with Crippen molar-refractivity contribution in [2.24, 2.45) is 5.92 Å². The predicted molar refractivity (Wildman–Crippen MR) is 82.7 cm³/mol. The first-order valence-electron chi connectivity index (χ1n) is 8.00. The van der Waals surface area contributed by atoms with E-state index in [-0.39, 0.29) is 5.91 Å². The molecule has 2 heterocycles. The van der Waals surface area contributed by atoms with E-state index in [1.807, 2.05) is 36.1 Å². The Bertz CT molecular complexity index is 486. The maximum absolute atomic E-state index is 12.7. The summed E-state index contributed by atoms with van der Waals surface area (Å²) in [5.74, 6) is 1.63. The van der Waals surface area contributed by atoms with Crippen LogP contribution in [0.5, 0.6) is 5.75 Å². The van der Waals surface area contributed by atoms with Crippen LogP contribution in [-0.2, 0) is 0 Å². The van der Waals surface area contributed by atoms with Crippen molar-refractivity contribution >= 4 is 5.91 Å². The van der Waals surface area contributed by atoms with Gasteiger partial charge in [-0.1, -0.05) is 0 Å². The second kappa shape index (κ2) is 6.48. The molecule has 2 fully saturated rings. The van der Waals surface area contributed by atoms with Crippen LogP contribution >= 0.6 is 0 Å². The monoisotopic (exact) mass is 288 g/mol. The molecule has 2 atom stereocenters. The Balaban J connectivity index is 1.68. The van der Waals surface area contributed by atoms with Crippen molar-refractivity contribution in [1.29, 1.82) is 0 Å². The molecule has 114 valence electrons. The zero-order chi connectivity index (χ0) is 14.7. The lowest BCUT2D eigenvalue weighted by atomic mass is 9.98. The minimum absolute atomic E-state index is 0.159. The summed E-state index contributed by atoms with van der Waals surface area (Å²) in [7, 11) is 0. The molecular weight excluding hydrogens is 264 g/mol. The summed E-state index contributed by atoms with van der Waals surface area (Å²) in [4.78, 5) is 17.2. The van der Waals surface area contributed by atoms with Crippen LogP contribution < -0.4 is 4.74 Å². The van der Waals surface area contributed by atoms with Gasteiger partial charge >= 0.3 is 0 Å². The maximum Gasteiger partial charge on any atom is 0.253 e. The van der Waals surface area contributed by atoms with Crippen LogP contribution in [0.15, 0.2) is 24.3 Å². The minimum atomic E-state index is 0.159. The van der Waals surface area contributed by atoms with Crippen LogP contribution in [0.25, 0.3) is 0 Å². The zero-order valence-corrected chi connectivity index (χ0v) is 12.8. The lowest BCUT2D eigenvalue weighted by molar-refractivity contribution is 0.0746. The molecule has 0 saturated carbocycles. The number of hydrogen-bond donors (Lipinski definition) is 0. The number of carbonyl (C=O) groups excluding carboxylic acids is 1. The largest absolute Gasteiger partial charge is 0.494 e. The average molecular weight is 288 g/mol. The summed E-state index contributed by atoms with van der Waals surface area (Å²) in [6.07, 6.45) is 2.53. The first kappa shape index (κ1) is 14.4. The van der Waals surface area contributed by atoms with Gasteiger partial charge in [-0.2, -0.15) is 0 Å². The third-order valence-corrected chi connectivity index (χ3v) is 4.47. The molecule has 2 aliphatic rings. The fourth-order valence-electron chi connectivity index (χ4n) is 3.40. The number of hydrogen-bond acceptors (Lipinski definition) is 3. The SMILES string of the molecule is CCOc1ccc(C(=O)N2CCN3CCCC(C3)C2)cc1. The van der Waals surface area contributed by atoms with Gasteiger partial charge in [-0.25, -0.2) is 0 Å². The highest BCUT2D eigenvalue weighted by Gasteiger charge is 2.28. The van der Waals surface area contributed by atoms with E-state index < -0.39 is 0 Å². The van der Waals surface area contributed by atoms with E-state index in [4.69, 9.17) is 4.74 Å². The van der Waals surface area contributed by atoms with Gasteiger partial charge < -0.3 is 14.5 Å². The van der Waals surface area contributed by atoms with Gasteiger partial charge in [0, 0.05) is 31.7 Å². The van der Waals surface area contributed by atoms with Gasteiger partial charge in [0.05, 0.1) is 6.61 Å². The van der Waals surface area contributed by atoms with Gasteiger partial charge in [-0.3, -0.25) is 4.79 Å². The Kier molecular flexibility index (Phi) is 4.44. The fraction of sp³-hybridized carbons (Fsp3) is 0.588. The van der Waals surface area contributed by atoms with Crippen molar-refractivity contribution in [3.8, 4) is 5.75 Å². The number of piperidine rings is 1. The fourth-order valence-corrected chi connectivity index (χ4v) is 3.40. The van der Waals surface area contributed by atoms with Gasteiger partial charge in [-0.15, -0.1) is 0 Å². The van der Waals surface area contributed by atoms with Crippen LogP contribution in [0.3, 0.4) is 0 Å². The molecule has 2 saturated heterocycles. The molecule has 0 N–H and O–H groups in total. The standard InChI is InChI=1S/C17H24N2O2/c1-2-21-16-7-5-15(6-8-16)17(20)19-11-10-18-9-3-4-14(12-18)13-19/h5-8,14H,2-4,9-13H2,1H3. The molecule has 2 aliphatic heterocycles. The first-order valence-corrected chi connectivity index (χ1v) is 8.00. The average Bonchev–Trinajstić information content (AvgIpc) is 2.66. The molecule has 1 amide bonds. The second-order valence-corrected chi connectivity index (χ2v) is 6.02.